The molecule has 2 bridgehead atoms. The zero-order valence-electron chi connectivity index (χ0n) is 13.8. The van der Waals surface area contributed by atoms with E-state index in [2.05, 4.69) is 54.1 Å². The molecule has 2 fully saturated rings. The lowest BCUT2D eigenvalue weighted by Crippen LogP contribution is -2.41. The van der Waals surface area contributed by atoms with Crippen molar-refractivity contribution in [3.63, 3.8) is 0 Å². The number of piperidine rings is 1. The first-order valence-corrected chi connectivity index (χ1v) is 8.34. The number of nitrogens with one attached hydrogen (secondary N) is 1. The summed E-state index contributed by atoms with van der Waals surface area (Å²) in [4.78, 5) is 11.8. The summed E-state index contributed by atoms with van der Waals surface area (Å²) in [6, 6.07) is 3.69. The number of anilines is 1. The van der Waals surface area contributed by atoms with Crippen LogP contribution in [0.2, 0.25) is 0 Å². The van der Waals surface area contributed by atoms with E-state index in [0.717, 1.165) is 41.9 Å². The molecule has 4 heteroatoms. The van der Waals surface area contributed by atoms with E-state index in [1.807, 2.05) is 0 Å². The van der Waals surface area contributed by atoms with Gasteiger partial charge < -0.3 is 10.2 Å². The fourth-order valence-electron chi connectivity index (χ4n) is 3.88. The summed E-state index contributed by atoms with van der Waals surface area (Å²) in [5, 5.41) is 3.56. The maximum absolute atomic E-state index is 4.65. The number of rotatable bonds is 4. The Morgan fingerprint density at radius 2 is 1.90 bits per heavy atom. The zero-order chi connectivity index (χ0) is 15.0. The third-order valence-electron chi connectivity index (χ3n) is 5.16. The summed E-state index contributed by atoms with van der Waals surface area (Å²) in [6.07, 6.45) is 5.45. The first-order valence-electron chi connectivity index (χ1n) is 8.34. The van der Waals surface area contributed by atoms with Gasteiger partial charge in [-0.2, -0.15) is 0 Å². The van der Waals surface area contributed by atoms with Crippen molar-refractivity contribution in [1.29, 1.82) is 0 Å². The average molecular weight is 288 g/mol. The summed E-state index contributed by atoms with van der Waals surface area (Å²) in [5.74, 6) is 3.11. The maximum Gasteiger partial charge on any atom is 0.133 e. The monoisotopic (exact) mass is 288 g/mol. The third-order valence-corrected chi connectivity index (χ3v) is 5.16. The molecule has 2 aliphatic heterocycles. The van der Waals surface area contributed by atoms with E-state index in [-0.39, 0.29) is 0 Å². The highest BCUT2D eigenvalue weighted by molar-refractivity contribution is 5.36. The van der Waals surface area contributed by atoms with Crippen LogP contribution in [0, 0.1) is 12.8 Å². The SMILES string of the molecule is Cc1cc(NCC2CC3CCC(C2)N3C)nc(C(C)C)n1. The molecule has 0 saturated carbocycles. The fourth-order valence-corrected chi connectivity index (χ4v) is 3.88. The van der Waals surface area contributed by atoms with Crippen LogP contribution in [0.15, 0.2) is 6.07 Å². The van der Waals surface area contributed by atoms with Crippen LogP contribution in [0.4, 0.5) is 5.82 Å². The van der Waals surface area contributed by atoms with Crippen LogP contribution in [0.3, 0.4) is 0 Å². The smallest absolute Gasteiger partial charge is 0.133 e. The van der Waals surface area contributed by atoms with Crippen molar-refractivity contribution in [3.05, 3.63) is 17.6 Å². The van der Waals surface area contributed by atoms with Crippen molar-refractivity contribution < 1.29 is 0 Å². The van der Waals surface area contributed by atoms with E-state index in [1.165, 1.54) is 25.7 Å². The molecule has 1 aromatic rings. The predicted molar refractivity (Wildman–Crippen MR) is 86.6 cm³/mol. The van der Waals surface area contributed by atoms with Gasteiger partial charge in [-0.3, -0.25) is 0 Å². The second kappa shape index (κ2) is 5.91. The van der Waals surface area contributed by atoms with Gasteiger partial charge in [0.15, 0.2) is 0 Å². The fraction of sp³-hybridized carbons (Fsp3) is 0.765. The summed E-state index contributed by atoms with van der Waals surface area (Å²) < 4.78 is 0. The molecule has 2 unspecified atom stereocenters. The molecular weight excluding hydrogens is 260 g/mol. The molecule has 2 atom stereocenters. The molecular formula is C17H28N4. The highest BCUT2D eigenvalue weighted by Crippen LogP contribution is 2.37. The van der Waals surface area contributed by atoms with Crippen molar-refractivity contribution >= 4 is 5.82 Å². The summed E-state index contributed by atoms with van der Waals surface area (Å²) >= 11 is 0. The van der Waals surface area contributed by atoms with Crippen LogP contribution in [-0.2, 0) is 0 Å². The minimum atomic E-state index is 0.379. The molecule has 1 N–H and O–H groups in total. The van der Waals surface area contributed by atoms with Gasteiger partial charge in [0, 0.05) is 36.3 Å². The van der Waals surface area contributed by atoms with Gasteiger partial charge >= 0.3 is 0 Å². The molecule has 0 spiro atoms. The summed E-state index contributed by atoms with van der Waals surface area (Å²) in [6.45, 7) is 7.39. The lowest BCUT2D eigenvalue weighted by Gasteiger charge is -2.36. The van der Waals surface area contributed by atoms with E-state index in [0.29, 0.717) is 5.92 Å². The molecule has 0 aliphatic carbocycles. The topological polar surface area (TPSA) is 41.0 Å². The van der Waals surface area contributed by atoms with Crippen LogP contribution in [0.25, 0.3) is 0 Å². The molecule has 0 radical (unpaired) electrons. The number of hydrogen-bond donors (Lipinski definition) is 1. The molecule has 0 amide bonds. The molecule has 3 heterocycles. The van der Waals surface area contributed by atoms with Crippen molar-refractivity contribution in [3.8, 4) is 0 Å². The minimum Gasteiger partial charge on any atom is -0.370 e. The van der Waals surface area contributed by atoms with E-state index >= 15 is 0 Å². The molecule has 2 saturated heterocycles. The number of aromatic nitrogens is 2. The average Bonchev–Trinajstić information content (AvgIpc) is 2.66. The highest BCUT2D eigenvalue weighted by Gasteiger charge is 2.38. The second-order valence-electron chi connectivity index (χ2n) is 7.18. The van der Waals surface area contributed by atoms with E-state index in [4.69, 9.17) is 0 Å². The maximum atomic E-state index is 4.65. The first kappa shape index (κ1) is 14.8. The largest absolute Gasteiger partial charge is 0.370 e. The van der Waals surface area contributed by atoms with Gasteiger partial charge in [-0.25, -0.2) is 9.97 Å². The van der Waals surface area contributed by atoms with Gasteiger partial charge in [-0.15, -0.1) is 0 Å². The van der Waals surface area contributed by atoms with Gasteiger partial charge in [-0.05, 0) is 45.6 Å². The quantitative estimate of drug-likeness (QED) is 0.924. The Kier molecular flexibility index (Phi) is 4.16. The molecule has 4 nitrogen and oxygen atoms in total. The molecule has 21 heavy (non-hydrogen) atoms. The Labute approximate surface area is 128 Å². The Balaban J connectivity index is 1.61. The van der Waals surface area contributed by atoms with Gasteiger partial charge in [0.25, 0.3) is 0 Å². The van der Waals surface area contributed by atoms with Gasteiger partial charge in [0.1, 0.15) is 11.6 Å². The van der Waals surface area contributed by atoms with Crippen LogP contribution >= 0.6 is 0 Å². The first-order chi connectivity index (χ1) is 10.0. The van der Waals surface area contributed by atoms with Gasteiger partial charge in [0.05, 0.1) is 0 Å². The van der Waals surface area contributed by atoms with E-state index in [1.54, 1.807) is 0 Å². The number of nitrogens with zero attached hydrogens (tertiary/aromatic N) is 3. The predicted octanol–water partition coefficient (Wildman–Crippen LogP) is 3.19. The molecule has 1 aromatic heterocycles. The second-order valence-corrected chi connectivity index (χ2v) is 7.18. The van der Waals surface area contributed by atoms with Crippen molar-refractivity contribution in [2.75, 3.05) is 18.9 Å². The lowest BCUT2D eigenvalue weighted by atomic mass is 9.91. The normalized spacial score (nSPS) is 29.1. The lowest BCUT2D eigenvalue weighted by molar-refractivity contribution is 0.139. The highest BCUT2D eigenvalue weighted by atomic mass is 15.2. The minimum absolute atomic E-state index is 0.379. The van der Waals surface area contributed by atoms with E-state index in [9.17, 15) is 0 Å². The molecule has 2 aliphatic rings. The molecule has 116 valence electrons. The van der Waals surface area contributed by atoms with Crippen LogP contribution in [0.1, 0.15) is 57.0 Å². The number of fused-ring (bicyclic) bond motifs is 2. The molecule has 0 aromatic carbocycles. The Hall–Kier alpha value is -1.16. The number of hydrogen-bond acceptors (Lipinski definition) is 4. The van der Waals surface area contributed by atoms with Crippen molar-refractivity contribution in [1.82, 2.24) is 14.9 Å². The zero-order valence-corrected chi connectivity index (χ0v) is 13.8. The van der Waals surface area contributed by atoms with Crippen LogP contribution < -0.4 is 5.32 Å². The standard InChI is InChI=1S/C17H28N4/c1-11(2)17-19-12(3)7-16(20-17)18-10-13-8-14-5-6-15(9-13)21(14)4/h7,11,13-15H,5-6,8-10H2,1-4H3,(H,18,19,20). The van der Waals surface area contributed by atoms with Crippen molar-refractivity contribution in [2.24, 2.45) is 5.92 Å². The summed E-state index contributed by atoms with van der Waals surface area (Å²) in [5.41, 5.74) is 1.06. The third kappa shape index (κ3) is 3.20. The summed E-state index contributed by atoms with van der Waals surface area (Å²) in [7, 11) is 2.30. The number of aryl methyl sites for hydroxylation is 1. The Morgan fingerprint density at radius 1 is 1.24 bits per heavy atom. The van der Waals surface area contributed by atoms with Gasteiger partial charge in [-0.1, -0.05) is 13.8 Å². The Bertz CT molecular complexity index is 486. The van der Waals surface area contributed by atoms with E-state index < -0.39 is 0 Å². The van der Waals surface area contributed by atoms with Crippen molar-refractivity contribution in [2.45, 2.75) is 64.5 Å². The Morgan fingerprint density at radius 3 is 2.52 bits per heavy atom. The van der Waals surface area contributed by atoms with Gasteiger partial charge in [0.2, 0.25) is 0 Å². The molecule has 3 rings (SSSR count). The van der Waals surface area contributed by atoms with Crippen LogP contribution in [-0.4, -0.2) is 40.5 Å². The van der Waals surface area contributed by atoms with Crippen LogP contribution in [0.5, 0.6) is 0 Å².